The van der Waals surface area contributed by atoms with Crippen LogP contribution in [0, 0.1) is 11.5 Å². The van der Waals surface area contributed by atoms with Crippen molar-refractivity contribution in [2.75, 3.05) is 6.61 Å². The standard InChI is InChI=1S/C32H38O5Si/c1-38(2,3)20-19-28-30(34-22-25-13-7-4-8-14-25)32(36-24-27-17-11-6-12-18-27)31(29(21-33)37-28)35-23-26-15-9-5-10-16-26/h4-18,28-33H,21-24H2,1-3H3/t28-,29-,30+,31+,32-/m1/s1. The van der Waals surface area contributed by atoms with Crippen molar-refractivity contribution in [1.29, 1.82) is 0 Å². The minimum atomic E-state index is -1.69. The molecule has 1 heterocycles. The van der Waals surface area contributed by atoms with Gasteiger partial charge in [-0.25, -0.2) is 0 Å². The summed E-state index contributed by atoms with van der Waals surface area (Å²) in [6.45, 7) is 7.52. The summed E-state index contributed by atoms with van der Waals surface area (Å²) >= 11 is 0. The summed E-state index contributed by atoms with van der Waals surface area (Å²) in [5, 5.41) is 10.4. The summed E-state index contributed by atoms with van der Waals surface area (Å²) in [6.07, 6.45) is -2.72. The molecule has 5 nitrogen and oxygen atoms in total. The van der Waals surface area contributed by atoms with Gasteiger partial charge in [0.15, 0.2) is 0 Å². The molecule has 200 valence electrons. The van der Waals surface area contributed by atoms with Crippen molar-refractivity contribution in [3.63, 3.8) is 0 Å². The van der Waals surface area contributed by atoms with Crippen LogP contribution in [0.25, 0.3) is 0 Å². The highest BCUT2D eigenvalue weighted by Gasteiger charge is 2.47. The highest BCUT2D eigenvalue weighted by molar-refractivity contribution is 6.83. The van der Waals surface area contributed by atoms with Crippen LogP contribution in [0.5, 0.6) is 0 Å². The maximum Gasteiger partial charge on any atom is 0.146 e. The van der Waals surface area contributed by atoms with E-state index in [2.05, 4.69) is 31.1 Å². The molecule has 0 amide bonds. The fourth-order valence-corrected chi connectivity index (χ4v) is 4.91. The van der Waals surface area contributed by atoms with Crippen molar-refractivity contribution in [2.24, 2.45) is 0 Å². The molecule has 3 aromatic carbocycles. The van der Waals surface area contributed by atoms with Gasteiger partial charge in [0.2, 0.25) is 0 Å². The van der Waals surface area contributed by atoms with Crippen LogP contribution in [0.4, 0.5) is 0 Å². The van der Waals surface area contributed by atoms with Gasteiger partial charge in [-0.3, -0.25) is 0 Å². The van der Waals surface area contributed by atoms with Crippen LogP contribution in [0.2, 0.25) is 19.6 Å². The van der Waals surface area contributed by atoms with Crippen molar-refractivity contribution in [2.45, 2.75) is 70.0 Å². The van der Waals surface area contributed by atoms with Crippen LogP contribution in [0.3, 0.4) is 0 Å². The predicted molar refractivity (Wildman–Crippen MR) is 152 cm³/mol. The summed E-state index contributed by atoms with van der Waals surface area (Å²) in [5.41, 5.74) is 6.57. The Morgan fingerprint density at radius 3 is 1.50 bits per heavy atom. The molecule has 0 aromatic heterocycles. The molecule has 0 aliphatic carbocycles. The maximum atomic E-state index is 10.4. The third kappa shape index (κ3) is 8.37. The molecular formula is C32H38O5Si. The molecule has 38 heavy (non-hydrogen) atoms. The van der Waals surface area contributed by atoms with E-state index in [9.17, 15) is 5.11 Å². The molecule has 0 unspecified atom stereocenters. The lowest BCUT2D eigenvalue weighted by atomic mass is 9.94. The van der Waals surface area contributed by atoms with Crippen LogP contribution in [0.15, 0.2) is 91.0 Å². The molecule has 0 radical (unpaired) electrons. The second-order valence-corrected chi connectivity index (χ2v) is 15.3. The molecule has 1 aliphatic heterocycles. The van der Waals surface area contributed by atoms with E-state index in [1.165, 1.54) is 0 Å². The Hall–Kier alpha value is -2.76. The number of hydrogen-bond donors (Lipinski definition) is 1. The first-order chi connectivity index (χ1) is 18.4. The zero-order valence-electron chi connectivity index (χ0n) is 22.5. The normalized spacial score (nSPS) is 23.4. The van der Waals surface area contributed by atoms with Crippen molar-refractivity contribution in [3.05, 3.63) is 108 Å². The summed E-state index contributed by atoms with van der Waals surface area (Å²) in [6, 6.07) is 30.1. The molecule has 0 saturated carbocycles. The number of ether oxygens (including phenoxy) is 4. The van der Waals surface area contributed by atoms with E-state index in [4.69, 9.17) is 18.9 Å². The van der Waals surface area contributed by atoms with E-state index in [0.717, 1.165) is 16.7 Å². The lowest BCUT2D eigenvalue weighted by molar-refractivity contribution is -0.258. The smallest absolute Gasteiger partial charge is 0.146 e. The van der Waals surface area contributed by atoms with Gasteiger partial charge in [-0.15, -0.1) is 5.54 Å². The van der Waals surface area contributed by atoms with Gasteiger partial charge in [-0.05, 0) is 16.7 Å². The molecule has 1 N–H and O–H groups in total. The zero-order valence-corrected chi connectivity index (χ0v) is 23.5. The number of hydrogen-bond acceptors (Lipinski definition) is 5. The Morgan fingerprint density at radius 2 is 1.08 bits per heavy atom. The zero-order chi connectivity index (χ0) is 26.8. The van der Waals surface area contributed by atoms with Crippen LogP contribution < -0.4 is 0 Å². The molecule has 0 bridgehead atoms. The Balaban J connectivity index is 1.64. The number of benzene rings is 3. The molecule has 1 aliphatic rings. The van der Waals surface area contributed by atoms with Gasteiger partial charge in [0.05, 0.1) is 26.4 Å². The second kappa shape index (κ2) is 13.9. The van der Waals surface area contributed by atoms with E-state index < -0.39 is 38.6 Å². The van der Waals surface area contributed by atoms with Gasteiger partial charge in [0.25, 0.3) is 0 Å². The Kier molecular flexibility index (Phi) is 10.3. The van der Waals surface area contributed by atoms with E-state index in [1.54, 1.807) is 0 Å². The Morgan fingerprint density at radius 1 is 0.658 bits per heavy atom. The fraction of sp³-hybridized carbons (Fsp3) is 0.375. The molecule has 1 saturated heterocycles. The largest absolute Gasteiger partial charge is 0.394 e. The Bertz CT molecular complexity index is 1150. The van der Waals surface area contributed by atoms with Gasteiger partial charge >= 0.3 is 0 Å². The van der Waals surface area contributed by atoms with Crippen molar-refractivity contribution >= 4 is 8.07 Å². The highest BCUT2D eigenvalue weighted by atomic mass is 28.3. The molecule has 6 heteroatoms. The first-order valence-electron chi connectivity index (χ1n) is 13.2. The third-order valence-electron chi connectivity index (χ3n) is 6.26. The van der Waals surface area contributed by atoms with Gasteiger partial charge < -0.3 is 24.1 Å². The first-order valence-corrected chi connectivity index (χ1v) is 16.7. The average molecular weight is 531 g/mol. The molecule has 3 aromatic rings. The molecular weight excluding hydrogens is 492 g/mol. The molecule has 4 rings (SSSR count). The SMILES string of the molecule is C[Si](C)(C)C#C[C@H]1O[C@H](CO)[C@H](OCc2ccccc2)[C@H](OCc2ccccc2)[C@H]1OCc1ccccc1. The average Bonchev–Trinajstić information content (AvgIpc) is 2.94. The summed E-state index contributed by atoms with van der Waals surface area (Å²) in [7, 11) is -1.69. The van der Waals surface area contributed by atoms with Crippen LogP contribution in [0.1, 0.15) is 16.7 Å². The number of aliphatic hydroxyl groups is 1. The molecule has 1 fully saturated rings. The van der Waals surface area contributed by atoms with Crippen LogP contribution in [-0.2, 0) is 38.8 Å². The van der Waals surface area contributed by atoms with Crippen molar-refractivity contribution < 1.29 is 24.1 Å². The minimum absolute atomic E-state index is 0.207. The lowest BCUT2D eigenvalue weighted by Crippen LogP contribution is -2.60. The summed E-state index contributed by atoms with van der Waals surface area (Å²) in [5.74, 6) is 3.35. The van der Waals surface area contributed by atoms with Gasteiger partial charge in [0, 0.05) is 0 Å². The highest BCUT2D eigenvalue weighted by Crippen LogP contribution is 2.30. The Labute approximate surface area is 227 Å². The molecule has 0 spiro atoms. The number of aliphatic hydroxyl groups excluding tert-OH is 1. The fourth-order valence-electron chi connectivity index (χ4n) is 4.34. The van der Waals surface area contributed by atoms with E-state index in [1.807, 2.05) is 91.0 Å². The van der Waals surface area contributed by atoms with Crippen molar-refractivity contribution in [1.82, 2.24) is 0 Å². The van der Waals surface area contributed by atoms with Crippen molar-refractivity contribution in [3.8, 4) is 11.5 Å². The van der Waals surface area contributed by atoms with E-state index in [0.29, 0.717) is 19.8 Å². The van der Waals surface area contributed by atoms with Crippen LogP contribution >= 0.6 is 0 Å². The van der Waals surface area contributed by atoms with Gasteiger partial charge in [-0.2, -0.15) is 0 Å². The third-order valence-corrected chi connectivity index (χ3v) is 7.15. The monoisotopic (exact) mass is 530 g/mol. The quantitative estimate of drug-likeness (QED) is 0.282. The van der Waals surface area contributed by atoms with Crippen LogP contribution in [-0.4, -0.2) is 50.3 Å². The van der Waals surface area contributed by atoms with E-state index >= 15 is 0 Å². The summed E-state index contributed by atoms with van der Waals surface area (Å²) in [4.78, 5) is 0. The van der Waals surface area contributed by atoms with Gasteiger partial charge in [-0.1, -0.05) is 117 Å². The second-order valence-electron chi connectivity index (χ2n) is 10.6. The summed E-state index contributed by atoms with van der Waals surface area (Å²) < 4.78 is 25.9. The topological polar surface area (TPSA) is 57.2 Å². The molecule has 5 atom stereocenters. The van der Waals surface area contributed by atoms with Gasteiger partial charge in [0.1, 0.15) is 38.6 Å². The maximum absolute atomic E-state index is 10.4. The lowest BCUT2D eigenvalue weighted by Gasteiger charge is -2.44. The number of rotatable bonds is 10. The predicted octanol–water partition coefficient (Wildman–Crippen LogP) is 5.38. The minimum Gasteiger partial charge on any atom is -0.394 e. The first kappa shape index (κ1) is 28.3. The van der Waals surface area contributed by atoms with E-state index in [-0.39, 0.29) is 6.61 Å².